The molecule has 0 spiro atoms. The van der Waals surface area contributed by atoms with E-state index in [0.29, 0.717) is 11.5 Å². The first-order valence-electron chi connectivity index (χ1n) is 5.73. The van der Waals surface area contributed by atoms with E-state index in [1.54, 1.807) is 19.1 Å². The first-order chi connectivity index (χ1) is 9.47. The molecule has 1 N–H and O–H groups in total. The van der Waals surface area contributed by atoms with Gasteiger partial charge in [0, 0.05) is 6.54 Å². The average molecular weight is 317 g/mol. The molecule has 0 unspecified atom stereocenters. The molecular weight excluding hydrogens is 306 g/mol. The van der Waals surface area contributed by atoms with Crippen molar-refractivity contribution in [3.8, 4) is 5.69 Å². The highest BCUT2D eigenvalue weighted by Gasteiger charge is 2.15. The van der Waals surface area contributed by atoms with E-state index in [9.17, 15) is 9.18 Å². The smallest absolute Gasteiger partial charge is 0.291 e. The number of halogens is 3. The van der Waals surface area contributed by atoms with E-state index in [2.05, 4.69) is 15.4 Å². The number of alkyl halides is 2. The van der Waals surface area contributed by atoms with Gasteiger partial charge < -0.3 is 5.32 Å². The fourth-order valence-electron chi connectivity index (χ4n) is 1.56. The summed E-state index contributed by atoms with van der Waals surface area (Å²) in [5, 5.41) is 6.57. The molecule has 0 fully saturated rings. The number of aromatic nitrogens is 3. The van der Waals surface area contributed by atoms with Crippen LogP contribution in [0.5, 0.6) is 0 Å². The Morgan fingerprint density at radius 2 is 2.05 bits per heavy atom. The Kier molecular flexibility index (Phi) is 4.57. The first kappa shape index (κ1) is 14.7. The van der Waals surface area contributed by atoms with E-state index < -0.39 is 10.7 Å². The third-order valence-corrected chi connectivity index (χ3v) is 2.77. The molecule has 1 heterocycles. The number of benzene rings is 1. The summed E-state index contributed by atoms with van der Waals surface area (Å²) in [4.78, 5) is 15.1. The Morgan fingerprint density at radius 3 is 2.65 bits per heavy atom. The Balaban J connectivity index is 2.21. The molecule has 0 aliphatic rings. The van der Waals surface area contributed by atoms with E-state index in [4.69, 9.17) is 23.2 Å². The topological polar surface area (TPSA) is 59.8 Å². The number of rotatable bonds is 4. The van der Waals surface area contributed by atoms with Gasteiger partial charge in [-0.05, 0) is 31.2 Å². The molecule has 0 aliphatic carbocycles. The van der Waals surface area contributed by atoms with Crippen molar-refractivity contribution in [3.05, 3.63) is 41.7 Å². The molecule has 5 nitrogen and oxygen atoms in total. The van der Waals surface area contributed by atoms with Crippen molar-refractivity contribution in [1.82, 2.24) is 20.1 Å². The van der Waals surface area contributed by atoms with Crippen LogP contribution in [-0.2, 0) is 0 Å². The third kappa shape index (κ3) is 3.46. The van der Waals surface area contributed by atoms with Crippen molar-refractivity contribution < 1.29 is 9.18 Å². The molecule has 0 atom stereocenters. The minimum Gasteiger partial charge on any atom is -0.347 e. The SMILES string of the molecule is Cc1nc(C(=O)NCC(Cl)Cl)nn1-c1ccc(F)cc1. The number of hydrogen-bond acceptors (Lipinski definition) is 3. The van der Waals surface area contributed by atoms with Crippen molar-refractivity contribution in [2.75, 3.05) is 6.54 Å². The van der Waals surface area contributed by atoms with Gasteiger partial charge in [0.2, 0.25) is 5.82 Å². The number of carbonyl (C=O) groups excluding carboxylic acids is 1. The van der Waals surface area contributed by atoms with Gasteiger partial charge in [-0.2, -0.15) is 0 Å². The highest BCUT2D eigenvalue weighted by atomic mass is 35.5. The molecule has 2 aromatic rings. The van der Waals surface area contributed by atoms with Crippen molar-refractivity contribution in [2.24, 2.45) is 0 Å². The van der Waals surface area contributed by atoms with Crippen LogP contribution in [0.25, 0.3) is 5.69 Å². The fourth-order valence-corrected chi connectivity index (χ4v) is 1.72. The molecule has 0 bridgehead atoms. The molecule has 106 valence electrons. The van der Waals surface area contributed by atoms with E-state index in [0.717, 1.165) is 0 Å². The lowest BCUT2D eigenvalue weighted by Crippen LogP contribution is -2.28. The number of carbonyl (C=O) groups is 1. The number of hydrogen-bond donors (Lipinski definition) is 1. The molecule has 20 heavy (non-hydrogen) atoms. The molecule has 8 heteroatoms. The number of nitrogens with zero attached hydrogens (tertiary/aromatic N) is 3. The lowest BCUT2D eigenvalue weighted by molar-refractivity contribution is 0.0945. The highest BCUT2D eigenvalue weighted by molar-refractivity contribution is 6.44. The molecular formula is C12H11Cl2FN4O. The molecule has 1 aromatic carbocycles. The van der Waals surface area contributed by atoms with Gasteiger partial charge in [0.15, 0.2) is 0 Å². The molecule has 0 saturated heterocycles. The predicted molar refractivity (Wildman–Crippen MR) is 73.9 cm³/mol. The minimum atomic E-state index is -0.695. The van der Waals surface area contributed by atoms with Crippen molar-refractivity contribution in [2.45, 2.75) is 11.8 Å². The fraction of sp³-hybridized carbons (Fsp3) is 0.250. The Bertz CT molecular complexity index is 612. The lowest BCUT2D eigenvalue weighted by atomic mass is 10.3. The van der Waals surface area contributed by atoms with Gasteiger partial charge in [-0.3, -0.25) is 4.79 Å². The van der Waals surface area contributed by atoms with Gasteiger partial charge in [-0.25, -0.2) is 14.1 Å². The summed E-state index contributed by atoms with van der Waals surface area (Å²) in [6.45, 7) is 1.80. The van der Waals surface area contributed by atoms with Crippen LogP contribution in [-0.4, -0.2) is 32.1 Å². The third-order valence-electron chi connectivity index (χ3n) is 2.46. The molecule has 1 amide bonds. The van der Waals surface area contributed by atoms with Crippen LogP contribution in [0.1, 0.15) is 16.4 Å². The quantitative estimate of drug-likeness (QED) is 0.880. The van der Waals surface area contributed by atoms with Crippen LogP contribution in [0.4, 0.5) is 4.39 Å². The highest BCUT2D eigenvalue weighted by Crippen LogP contribution is 2.10. The zero-order valence-corrected chi connectivity index (χ0v) is 12.0. The second kappa shape index (κ2) is 6.19. The Hall–Kier alpha value is -1.66. The standard InChI is InChI=1S/C12H11Cl2FN4O/c1-7-17-11(12(20)16-6-10(13)14)18-19(7)9-4-2-8(15)3-5-9/h2-5,10H,6H2,1H3,(H,16,20). The average Bonchev–Trinajstić information content (AvgIpc) is 2.79. The summed E-state index contributed by atoms with van der Waals surface area (Å²) in [5.41, 5.74) is 0.614. The van der Waals surface area contributed by atoms with E-state index >= 15 is 0 Å². The lowest BCUT2D eigenvalue weighted by Gasteiger charge is -2.02. The Morgan fingerprint density at radius 1 is 1.40 bits per heavy atom. The van der Waals surface area contributed by atoms with Gasteiger partial charge in [0.05, 0.1) is 5.69 Å². The molecule has 0 aliphatic heterocycles. The second-order valence-electron chi connectivity index (χ2n) is 3.97. The van der Waals surface area contributed by atoms with Crippen LogP contribution >= 0.6 is 23.2 Å². The number of aryl methyl sites for hydroxylation is 1. The maximum Gasteiger partial charge on any atom is 0.291 e. The van der Waals surface area contributed by atoms with E-state index in [1.165, 1.54) is 16.8 Å². The predicted octanol–water partition coefficient (Wildman–Crippen LogP) is 2.25. The van der Waals surface area contributed by atoms with Gasteiger partial charge in [0.1, 0.15) is 16.5 Å². The molecule has 2 rings (SSSR count). The summed E-state index contributed by atoms with van der Waals surface area (Å²) >= 11 is 11.1. The minimum absolute atomic E-state index is 0.000748. The molecule has 0 radical (unpaired) electrons. The van der Waals surface area contributed by atoms with Gasteiger partial charge >= 0.3 is 0 Å². The Labute approximate surface area is 124 Å². The zero-order chi connectivity index (χ0) is 14.7. The monoisotopic (exact) mass is 316 g/mol. The normalized spacial score (nSPS) is 10.8. The van der Waals surface area contributed by atoms with Gasteiger partial charge in [-0.1, -0.05) is 0 Å². The summed E-state index contributed by atoms with van der Waals surface area (Å²) in [6, 6.07) is 5.71. The first-order valence-corrected chi connectivity index (χ1v) is 6.60. The van der Waals surface area contributed by atoms with Crippen LogP contribution in [0.15, 0.2) is 24.3 Å². The van der Waals surface area contributed by atoms with Crippen molar-refractivity contribution in [3.63, 3.8) is 0 Å². The maximum absolute atomic E-state index is 12.9. The van der Waals surface area contributed by atoms with Crippen molar-refractivity contribution in [1.29, 1.82) is 0 Å². The van der Waals surface area contributed by atoms with E-state index in [1.807, 2.05) is 0 Å². The van der Waals surface area contributed by atoms with Crippen LogP contribution in [0.3, 0.4) is 0 Å². The van der Waals surface area contributed by atoms with Crippen LogP contribution in [0.2, 0.25) is 0 Å². The van der Waals surface area contributed by atoms with E-state index in [-0.39, 0.29) is 18.2 Å². The molecule has 1 aromatic heterocycles. The van der Waals surface area contributed by atoms with Gasteiger partial charge in [0.25, 0.3) is 5.91 Å². The van der Waals surface area contributed by atoms with Crippen molar-refractivity contribution >= 4 is 29.1 Å². The van der Waals surface area contributed by atoms with Gasteiger partial charge in [-0.15, -0.1) is 28.3 Å². The largest absolute Gasteiger partial charge is 0.347 e. The molecule has 0 saturated carbocycles. The summed E-state index contributed by atoms with van der Waals surface area (Å²) in [5.74, 6) is -0.309. The van der Waals surface area contributed by atoms with Crippen LogP contribution < -0.4 is 5.32 Å². The summed E-state index contributed by atoms with van der Waals surface area (Å²) in [6.07, 6.45) is 0. The maximum atomic E-state index is 12.9. The van der Waals surface area contributed by atoms with Crippen LogP contribution in [0, 0.1) is 12.7 Å². The number of amides is 1. The summed E-state index contributed by atoms with van der Waals surface area (Å²) in [7, 11) is 0. The zero-order valence-electron chi connectivity index (χ0n) is 10.5. The summed E-state index contributed by atoms with van der Waals surface area (Å²) < 4.78 is 14.3. The number of nitrogens with one attached hydrogen (secondary N) is 1. The second-order valence-corrected chi connectivity index (χ2v) is 5.25.